The molecule has 0 saturated heterocycles. The number of hydrogen-bond donors (Lipinski definition) is 1. The minimum Gasteiger partial charge on any atom is -0.494 e. The number of rotatable bonds is 7. The minimum absolute atomic E-state index is 0.469. The van der Waals surface area contributed by atoms with Crippen LogP contribution in [-0.4, -0.2) is 19.7 Å². The summed E-state index contributed by atoms with van der Waals surface area (Å²) < 4.78 is 42.4. The fraction of sp³-hybridized carbons (Fsp3) is 0.571. The van der Waals surface area contributed by atoms with E-state index in [1.807, 2.05) is 0 Å². The molecule has 19 heavy (non-hydrogen) atoms. The highest BCUT2D eigenvalue weighted by Crippen LogP contribution is 2.30. The highest BCUT2D eigenvalue weighted by atomic mass is 19.4. The first-order valence-electron chi connectivity index (χ1n) is 6.40. The molecule has 1 rings (SSSR count). The highest BCUT2D eigenvalue weighted by molar-refractivity contribution is 5.28. The summed E-state index contributed by atoms with van der Waals surface area (Å²) in [6.45, 7) is 6.56. The zero-order valence-electron chi connectivity index (χ0n) is 11.3. The Labute approximate surface area is 112 Å². The average Bonchev–Trinajstić information content (AvgIpc) is 2.32. The Kier molecular flexibility index (Phi) is 6.15. The molecule has 0 aliphatic heterocycles. The van der Waals surface area contributed by atoms with Crippen molar-refractivity contribution in [3.63, 3.8) is 0 Å². The molecule has 0 spiro atoms. The van der Waals surface area contributed by atoms with E-state index in [2.05, 4.69) is 19.2 Å². The van der Waals surface area contributed by atoms with Crippen LogP contribution in [0.5, 0.6) is 5.75 Å². The van der Waals surface area contributed by atoms with E-state index in [0.717, 1.165) is 31.6 Å². The van der Waals surface area contributed by atoms with Gasteiger partial charge in [-0.05, 0) is 49.7 Å². The molecule has 0 amide bonds. The van der Waals surface area contributed by atoms with Crippen molar-refractivity contribution in [3.8, 4) is 5.75 Å². The van der Waals surface area contributed by atoms with E-state index in [1.54, 1.807) is 0 Å². The molecule has 0 aliphatic carbocycles. The Morgan fingerprint density at radius 2 is 1.79 bits per heavy atom. The zero-order chi connectivity index (χ0) is 14.3. The van der Waals surface area contributed by atoms with Gasteiger partial charge in [0.1, 0.15) is 5.75 Å². The standard InChI is InChI=1S/C14H20F3NO/c1-11(2)10-18-8-3-9-19-13-6-4-12(5-7-13)14(15,16)17/h4-7,11,18H,3,8-10H2,1-2H3. The summed E-state index contributed by atoms with van der Waals surface area (Å²) in [6, 6.07) is 4.77. The van der Waals surface area contributed by atoms with Crippen molar-refractivity contribution in [2.45, 2.75) is 26.4 Å². The Bertz CT molecular complexity index is 360. The van der Waals surface area contributed by atoms with Crippen molar-refractivity contribution >= 4 is 0 Å². The van der Waals surface area contributed by atoms with Gasteiger partial charge in [0.15, 0.2) is 0 Å². The van der Waals surface area contributed by atoms with Gasteiger partial charge in [0.25, 0.3) is 0 Å². The Morgan fingerprint density at radius 1 is 1.16 bits per heavy atom. The normalized spacial score (nSPS) is 11.9. The largest absolute Gasteiger partial charge is 0.494 e. The predicted molar refractivity (Wildman–Crippen MR) is 69.3 cm³/mol. The molecule has 0 saturated carbocycles. The maximum absolute atomic E-state index is 12.3. The highest BCUT2D eigenvalue weighted by Gasteiger charge is 2.29. The molecule has 2 nitrogen and oxygen atoms in total. The molecule has 0 atom stereocenters. The number of benzene rings is 1. The van der Waals surface area contributed by atoms with Crippen LogP contribution >= 0.6 is 0 Å². The van der Waals surface area contributed by atoms with Gasteiger partial charge >= 0.3 is 6.18 Å². The smallest absolute Gasteiger partial charge is 0.416 e. The van der Waals surface area contributed by atoms with Crippen LogP contribution in [0.2, 0.25) is 0 Å². The van der Waals surface area contributed by atoms with Crippen LogP contribution in [0.4, 0.5) is 13.2 Å². The van der Waals surface area contributed by atoms with Gasteiger partial charge in [0.2, 0.25) is 0 Å². The van der Waals surface area contributed by atoms with Gasteiger partial charge < -0.3 is 10.1 Å². The first kappa shape index (κ1) is 15.8. The van der Waals surface area contributed by atoms with Crippen molar-refractivity contribution in [3.05, 3.63) is 29.8 Å². The third-order valence-electron chi connectivity index (χ3n) is 2.50. The van der Waals surface area contributed by atoms with Crippen LogP contribution in [0.1, 0.15) is 25.8 Å². The molecule has 5 heteroatoms. The van der Waals surface area contributed by atoms with Crippen LogP contribution in [-0.2, 0) is 6.18 Å². The molecule has 0 bridgehead atoms. The number of hydrogen-bond acceptors (Lipinski definition) is 2. The maximum Gasteiger partial charge on any atom is 0.416 e. The van der Waals surface area contributed by atoms with Crippen molar-refractivity contribution < 1.29 is 17.9 Å². The van der Waals surface area contributed by atoms with Crippen molar-refractivity contribution in [2.24, 2.45) is 5.92 Å². The average molecular weight is 275 g/mol. The summed E-state index contributed by atoms with van der Waals surface area (Å²) in [5.74, 6) is 1.08. The summed E-state index contributed by atoms with van der Waals surface area (Å²) in [6.07, 6.45) is -3.47. The Balaban J connectivity index is 2.23. The van der Waals surface area contributed by atoms with Gasteiger partial charge in [0, 0.05) is 0 Å². The van der Waals surface area contributed by atoms with Crippen LogP contribution in [0.3, 0.4) is 0 Å². The summed E-state index contributed by atoms with van der Waals surface area (Å²) in [5.41, 5.74) is -0.654. The van der Waals surface area contributed by atoms with Crippen LogP contribution in [0.25, 0.3) is 0 Å². The summed E-state index contributed by atoms with van der Waals surface area (Å²) >= 11 is 0. The molecule has 1 aromatic rings. The molecular weight excluding hydrogens is 255 g/mol. The Hall–Kier alpha value is -1.23. The van der Waals surface area contributed by atoms with E-state index < -0.39 is 11.7 Å². The second-order valence-electron chi connectivity index (χ2n) is 4.82. The van der Waals surface area contributed by atoms with Gasteiger partial charge in [-0.1, -0.05) is 13.8 Å². The van der Waals surface area contributed by atoms with Crippen LogP contribution in [0, 0.1) is 5.92 Å². The van der Waals surface area contributed by atoms with E-state index in [0.29, 0.717) is 18.3 Å². The van der Waals surface area contributed by atoms with Crippen molar-refractivity contribution in [2.75, 3.05) is 19.7 Å². The number of halogens is 3. The lowest BCUT2D eigenvalue weighted by Crippen LogP contribution is -2.22. The minimum atomic E-state index is -4.29. The summed E-state index contributed by atoms with van der Waals surface area (Å²) in [7, 11) is 0. The second-order valence-corrected chi connectivity index (χ2v) is 4.82. The first-order valence-corrected chi connectivity index (χ1v) is 6.40. The van der Waals surface area contributed by atoms with E-state index in [4.69, 9.17) is 4.74 Å². The van der Waals surface area contributed by atoms with E-state index in [-0.39, 0.29) is 0 Å². The summed E-state index contributed by atoms with van der Waals surface area (Å²) in [4.78, 5) is 0. The molecule has 0 aromatic heterocycles. The fourth-order valence-electron chi connectivity index (χ4n) is 1.52. The van der Waals surface area contributed by atoms with Gasteiger partial charge in [-0.2, -0.15) is 13.2 Å². The second kappa shape index (κ2) is 7.38. The molecule has 0 heterocycles. The van der Waals surface area contributed by atoms with Crippen LogP contribution < -0.4 is 10.1 Å². The molecule has 0 unspecified atom stereocenters. The number of ether oxygens (including phenoxy) is 1. The van der Waals surface area contributed by atoms with Gasteiger partial charge in [0.05, 0.1) is 12.2 Å². The monoisotopic (exact) mass is 275 g/mol. The Morgan fingerprint density at radius 3 is 2.32 bits per heavy atom. The molecule has 1 N–H and O–H groups in total. The molecule has 108 valence electrons. The maximum atomic E-state index is 12.3. The predicted octanol–water partition coefficient (Wildman–Crippen LogP) is 3.72. The van der Waals surface area contributed by atoms with Gasteiger partial charge in [-0.15, -0.1) is 0 Å². The van der Waals surface area contributed by atoms with E-state index in [9.17, 15) is 13.2 Å². The molecule has 0 aliphatic rings. The molecule has 0 radical (unpaired) electrons. The molecular formula is C14H20F3NO. The topological polar surface area (TPSA) is 21.3 Å². The van der Waals surface area contributed by atoms with E-state index in [1.165, 1.54) is 12.1 Å². The van der Waals surface area contributed by atoms with Gasteiger partial charge in [-0.3, -0.25) is 0 Å². The van der Waals surface area contributed by atoms with Gasteiger partial charge in [-0.25, -0.2) is 0 Å². The van der Waals surface area contributed by atoms with Crippen molar-refractivity contribution in [1.82, 2.24) is 5.32 Å². The fourth-order valence-corrected chi connectivity index (χ4v) is 1.52. The van der Waals surface area contributed by atoms with E-state index >= 15 is 0 Å². The SMILES string of the molecule is CC(C)CNCCCOc1ccc(C(F)(F)F)cc1. The molecule has 1 aromatic carbocycles. The lowest BCUT2D eigenvalue weighted by Gasteiger charge is -2.10. The third kappa shape index (κ3) is 6.47. The third-order valence-corrected chi connectivity index (χ3v) is 2.50. The lowest BCUT2D eigenvalue weighted by molar-refractivity contribution is -0.137. The quantitative estimate of drug-likeness (QED) is 0.766. The van der Waals surface area contributed by atoms with Crippen LogP contribution in [0.15, 0.2) is 24.3 Å². The number of nitrogens with one attached hydrogen (secondary N) is 1. The first-order chi connectivity index (χ1) is 8.89. The lowest BCUT2D eigenvalue weighted by atomic mass is 10.2. The number of alkyl halides is 3. The van der Waals surface area contributed by atoms with Crippen molar-refractivity contribution in [1.29, 1.82) is 0 Å². The summed E-state index contributed by atoms with van der Waals surface area (Å²) in [5, 5.41) is 3.27. The molecule has 0 fully saturated rings. The zero-order valence-corrected chi connectivity index (χ0v) is 11.3.